The van der Waals surface area contributed by atoms with Crippen molar-refractivity contribution < 1.29 is 23.5 Å². The quantitative estimate of drug-likeness (QED) is 0.456. The second kappa shape index (κ2) is 10.4. The fraction of sp³-hybridized carbons (Fsp3) is 0.276. The number of aryl methyl sites for hydroxylation is 1. The normalized spacial score (nSPS) is 18.9. The number of ether oxygens (including phenoxy) is 1. The molecule has 1 heterocycles. The van der Waals surface area contributed by atoms with E-state index < -0.39 is 18.2 Å². The maximum Gasteiger partial charge on any atom is 0.411 e. The highest BCUT2D eigenvalue weighted by Gasteiger charge is 2.47. The van der Waals surface area contributed by atoms with Crippen LogP contribution in [-0.4, -0.2) is 35.4 Å². The maximum absolute atomic E-state index is 13.4. The van der Waals surface area contributed by atoms with Gasteiger partial charge >= 0.3 is 6.09 Å². The van der Waals surface area contributed by atoms with Crippen LogP contribution in [0.4, 0.5) is 14.9 Å². The second-order valence-corrected chi connectivity index (χ2v) is 9.64. The molecule has 3 amide bonds. The topological polar surface area (TPSA) is 87.7 Å². The smallest absolute Gasteiger partial charge is 0.411 e. The first kappa shape index (κ1) is 24.5. The largest absolute Gasteiger partial charge is 0.438 e. The van der Waals surface area contributed by atoms with Crippen LogP contribution in [0.3, 0.4) is 0 Å². The molecule has 1 aliphatic carbocycles. The number of hydrogen-bond donors (Lipinski definition) is 2. The number of anilines is 1. The van der Waals surface area contributed by atoms with E-state index in [1.54, 1.807) is 42.5 Å². The minimum atomic E-state index is -0.885. The third-order valence-corrected chi connectivity index (χ3v) is 6.66. The fourth-order valence-corrected chi connectivity index (χ4v) is 4.41. The van der Waals surface area contributed by atoms with Gasteiger partial charge in [0.2, 0.25) is 5.91 Å². The summed E-state index contributed by atoms with van der Waals surface area (Å²) >= 11 is 0. The molecule has 2 unspecified atom stereocenters. The first-order valence-electron chi connectivity index (χ1n) is 12.3. The average Bonchev–Trinajstić information content (AvgIpc) is 3.67. The van der Waals surface area contributed by atoms with Crippen LogP contribution >= 0.6 is 0 Å². The van der Waals surface area contributed by atoms with Crippen molar-refractivity contribution in [3.63, 3.8) is 0 Å². The second-order valence-electron chi connectivity index (χ2n) is 9.64. The molecule has 3 aromatic carbocycles. The number of nitrogens with one attached hydrogen (secondary N) is 2. The SMILES string of the molecule is Cc1cccc(C(=O)Nc2ccc(C3OC(=O)N(Cc4ccc(F)cc4)C3C(=O)NCC3CC3)cc2)c1. The number of carbonyl (C=O) groups is 3. The van der Waals surface area contributed by atoms with E-state index in [2.05, 4.69) is 10.6 Å². The number of carbonyl (C=O) groups excluding carboxylic acids is 3. The molecule has 3 aromatic rings. The Morgan fingerprint density at radius 3 is 2.43 bits per heavy atom. The molecule has 2 N–H and O–H groups in total. The summed E-state index contributed by atoms with van der Waals surface area (Å²) in [7, 11) is 0. The molecular formula is C29H28FN3O4. The van der Waals surface area contributed by atoms with Gasteiger partial charge in [0.1, 0.15) is 5.82 Å². The Balaban J connectivity index is 1.34. The van der Waals surface area contributed by atoms with Gasteiger partial charge in [-0.1, -0.05) is 42.0 Å². The van der Waals surface area contributed by atoms with Crippen molar-refractivity contribution in [1.29, 1.82) is 0 Å². The highest BCUT2D eigenvalue weighted by molar-refractivity contribution is 6.04. The Hall–Kier alpha value is -4.20. The van der Waals surface area contributed by atoms with E-state index in [0.717, 1.165) is 18.4 Å². The zero-order chi connectivity index (χ0) is 25.9. The number of benzene rings is 3. The fourth-order valence-electron chi connectivity index (χ4n) is 4.41. The van der Waals surface area contributed by atoms with Gasteiger partial charge in [-0.15, -0.1) is 0 Å². The Morgan fingerprint density at radius 1 is 1.03 bits per heavy atom. The van der Waals surface area contributed by atoms with Crippen LogP contribution in [0.15, 0.2) is 72.8 Å². The van der Waals surface area contributed by atoms with Gasteiger partial charge in [0.15, 0.2) is 12.1 Å². The molecule has 190 valence electrons. The van der Waals surface area contributed by atoms with E-state index in [9.17, 15) is 18.8 Å². The minimum absolute atomic E-state index is 0.113. The van der Waals surface area contributed by atoms with Crippen molar-refractivity contribution in [2.24, 2.45) is 5.92 Å². The summed E-state index contributed by atoms with van der Waals surface area (Å²) in [6.45, 7) is 2.59. The lowest BCUT2D eigenvalue weighted by molar-refractivity contribution is -0.126. The van der Waals surface area contributed by atoms with Gasteiger partial charge in [0.25, 0.3) is 5.91 Å². The number of amides is 3. The van der Waals surface area contributed by atoms with Crippen LogP contribution in [0.2, 0.25) is 0 Å². The van der Waals surface area contributed by atoms with Crippen molar-refractivity contribution in [2.75, 3.05) is 11.9 Å². The molecule has 0 spiro atoms. The van der Waals surface area contributed by atoms with E-state index in [0.29, 0.717) is 34.8 Å². The van der Waals surface area contributed by atoms with Gasteiger partial charge < -0.3 is 15.4 Å². The molecule has 1 saturated carbocycles. The molecule has 2 fully saturated rings. The van der Waals surface area contributed by atoms with Gasteiger partial charge in [-0.3, -0.25) is 14.5 Å². The summed E-state index contributed by atoms with van der Waals surface area (Å²) < 4.78 is 19.1. The minimum Gasteiger partial charge on any atom is -0.438 e. The lowest BCUT2D eigenvalue weighted by atomic mass is 10.00. The van der Waals surface area contributed by atoms with Gasteiger partial charge in [0, 0.05) is 17.8 Å². The molecule has 2 atom stereocenters. The summed E-state index contributed by atoms with van der Waals surface area (Å²) in [6.07, 6.45) is 0.726. The van der Waals surface area contributed by atoms with Crippen LogP contribution in [0.25, 0.3) is 0 Å². The molecule has 37 heavy (non-hydrogen) atoms. The molecular weight excluding hydrogens is 473 g/mol. The lowest BCUT2D eigenvalue weighted by Crippen LogP contribution is -2.46. The standard InChI is InChI=1S/C29H28FN3O4/c1-18-3-2-4-22(15-18)27(34)32-24-13-9-21(10-14-24)26-25(28(35)31-16-19-5-6-19)33(29(36)37-26)17-20-7-11-23(30)12-8-20/h2-4,7-15,19,25-26H,5-6,16-17H2,1H3,(H,31,35)(H,32,34). The third kappa shape index (κ3) is 5.80. The van der Waals surface area contributed by atoms with Crippen LogP contribution in [0.5, 0.6) is 0 Å². The molecule has 1 saturated heterocycles. The van der Waals surface area contributed by atoms with Gasteiger partial charge in [-0.05, 0) is 73.2 Å². The van der Waals surface area contributed by atoms with Gasteiger partial charge in [-0.2, -0.15) is 0 Å². The van der Waals surface area contributed by atoms with Crippen LogP contribution < -0.4 is 10.6 Å². The Labute approximate surface area is 214 Å². The molecule has 0 aromatic heterocycles. The summed E-state index contributed by atoms with van der Waals surface area (Å²) in [5.74, 6) is -0.422. The molecule has 0 bridgehead atoms. The Kier molecular flexibility index (Phi) is 6.90. The van der Waals surface area contributed by atoms with Crippen molar-refractivity contribution in [1.82, 2.24) is 10.2 Å². The molecule has 7 nitrogen and oxygen atoms in total. The summed E-state index contributed by atoms with van der Waals surface area (Å²) in [5, 5.41) is 5.83. The number of hydrogen-bond acceptors (Lipinski definition) is 4. The summed E-state index contributed by atoms with van der Waals surface area (Å²) in [6, 6.07) is 19.2. The number of cyclic esters (lactones) is 1. The summed E-state index contributed by atoms with van der Waals surface area (Å²) in [5.41, 5.74) is 3.45. The van der Waals surface area contributed by atoms with Crippen LogP contribution in [-0.2, 0) is 16.1 Å². The molecule has 2 aliphatic rings. The van der Waals surface area contributed by atoms with E-state index in [4.69, 9.17) is 4.74 Å². The molecule has 0 radical (unpaired) electrons. The Morgan fingerprint density at radius 2 is 1.76 bits per heavy atom. The zero-order valence-corrected chi connectivity index (χ0v) is 20.4. The summed E-state index contributed by atoms with van der Waals surface area (Å²) in [4.78, 5) is 40.1. The van der Waals surface area contributed by atoms with Gasteiger partial charge in [0.05, 0.1) is 6.54 Å². The molecule has 8 heteroatoms. The van der Waals surface area contributed by atoms with Crippen molar-refractivity contribution in [2.45, 2.75) is 38.5 Å². The highest BCUT2D eigenvalue weighted by Crippen LogP contribution is 2.35. The predicted molar refractivity (Wildman–Crippen MR) is 136 cm³/mol. The van der Waals surface area contributed by atoms with E-state index in [1.165, 1.54) is 17.0 Å². The first-order valence-corrected chi connectivity index (χ1v) is 12.3. The van der Waals surface area contributed by atoms with Crippen molar-refractivity contribution in [3.8, 4) is 0 Å². The first-order chi connectivity index (χ1) is 17.9. The number of rotatable bonds is 8. The zero-order valence-electron chi connectivity index (χ0n) is 20.4. The monoisotopic (exact) mass is 501 g/mol. The Bertz CT molecular complexity index is 1310. The van der Waals surface area contributed by atoms with Crippen LogP contribution in [0, 0.1) is 18.7 Å². The van der Waals surface area contributed by atoms with Crippen molar-refractivity contribution >= 4 is 23.6 Å². The van der Waals surface area contributed by atoms with Gasteiger partial charge in [-0.25, -0.2) is 9.18 Å². The van der Waals surface area contributed by atoms with Crippen LogP contribution in [0.1, 0.15) is 46.0 Å². The maximum atomic E-state index is 13.4. The predicted octanol–water partition coefficient (Wildman–Crippen LogP) is 4.97. The van der Waals surface area contributed by atoms with E-state index in [-0.39, 0.29) is 24.2 Å². The highest BCUT2D eigenvalue weighted by atomic mass is 19.1. The number of nitrogens with zero attached hydrogens (tertiary/aromatic N) is 1. The van der Waals surface area contributed by atoms with E-state index >= 15 is 0 Å². The molecule has 1 aliphatic heterocycles. The lowest BCUT2D eigenvalue weighted by Gasteiger charge is -2.24. The van der Waals surface area contributed by atoms with E-state index in [1.807, 2.05) is 25.1 Å². The molecule has 5 rings (SSSR count). The third-order valence-electron chi connectivity index (χ3n) is 6.66. The number of halogens is 1. The average molecular weight is 502 g/mol. The van der Waals surface area contributed by atoms with Crippen molar-refractivity contribution in [3.05, 3.63) is 101 Å².